The second-order valence-corrected chi connectivity index (χ2v) is 6.82. The van der Waals surface area contributed by atoms with Gasteiger partial charge in [0.25, 0.3) is 0 Å². The van der Waals surface area contributed by atoms with Gasteiger partial charge in [-0.05, 0) is 21.5 Å². The smallest absolute Gasteiger partial charge is 0.258 e. The number of nitro groups is 1. The van der Waals surface area contributed by atoms with Gasteiger partial charge in [0.15, 0.2) is 4.36 Å². The monoisotopic (exact) mass is 401 g/mol. The summed E-state index contributed by atoms with van der Waals surface area (Å²) in [6.07, 6.45) is 0. The highest BCUT2D eigenvalue weighted by atomic mass is 79.9. The van der Waals surface area contributed by atoms with Gasteiger partial charge in [-0.15, -0.1) is 11.8 Å². The molecule has 0 aliphatic carbocycles. The molecule has 0 heterocycles. The summed E-state index contributed by atoms with van der Waals surface area (Å²) in [5.41, 5.74) is 0.588. The molecule has 0 saturated heterocycles. The highest BCUT2D eigenvalue weighted by molar-refractivity contribution is 9.12. The fraction of sp³-hybridized carbons (Fsp3) is 0.0909. The van der Waals surface area contributed by atoms with Crippen molar-refractivity contribution >= 4 is 62.5 Å². The summed E-state index contributed by atoms with van der Waals surface area (Å²) >= 11 is 21.3. The van der Waals surface area contributed by atoms with Crippen LogP contribution in [0.3, 0.4) is 0 Å². The molecule has 0 saturated carbocycles. The molecular weight excluding hydrogens is 396 g/mol. The zero-order valence-electron chi connectivity index (χ0n) is 9.28. The van der Waals surface area contributed by atoms with Crippen molar-refractivity contribution in [1.82, 2.24) is 0 Å². The van der Waals surface area contributed by atoms with Crippen LogP contribution in [-0.2, 0) is 5.75 Å². The van der Waals surface area contributed by atoms with Gasteiger partial charge in [-0.25, -0.2) is 0 Å². The highest BCUT2D eigenvalue weighted by Gasteiger charge is 2.24. The van der Waals surface area contributed by atoms with E-state index < -0.39 is 10.6 Å². The minimum absolute atomic E-state index is 0.0172. The molecule has 0 aliphatic rings. The number of benzene rings is 1. The van der Waals surface area contributed by atoms with E-state index >= 15 is 0 Å². The Kier molecular flexibility index (Phi) is 7.25. The van der Waals surface area contributed by atoms with Crippen molar-refractivity contribution in [2.75, 3.05) is 0 Å². The lowest BCUT2D eigenvalue weighted by Crippen LogP contribution is -2.01. The van der Waals surface area contributed by atoms with Crippen LogP contribution in [0, 0.1) is 10.1 Å². The second-order valence-electron chi connectivity index (χ2n) is 3.23. The number of halogens is 4. The van der Waals surface area contributed by atoms with E-state index in [1.54, 1.807) is 0 Å². The van der Waals surface area contributed by atoms with Crippen LogP contribution in [0.4, 0.5) is 0 Å². The Morgan fingerprint density at radius 2 is 1.84 bits per heavy atom. The number of nitrogens with zero attached hydrogens (tertiary/aromatic N) is 1. The molecule has 0 amide bonds. The molecule has 0 atom stereocenters. The highest BCUT2D eigenvalue weighted by Crippen LogP contribution is 2.35. The third-order valence-corrected chi connectivity index (χ3v) is 4.66. The molecule has 102 valence electrons. The first-order chi connectivity index (χ1) is 8.93. The molecule has 0 N–H and O–H groups in total. The van der Waals surface area contributed by atoms with Crippen molar-refractivity contribution in [2.45, 2.75) is 5.75 Å². The average Bonchev–Trinajstić information content (AvgIpc) is 2.37. The Balaban J connectivity index is 2.93. The maximum absolute atomic E-state index is 11.0. The normalized spacial score (nSPS) is 13.7. The Morgan fingerprint density at radius 1 is 1.26 bits per heavy atom. The summed E-state index contributed by atoms with van der Waals surface area (Å²) in [4.78, 5) is 10.3. The molecule has 3 nitrogen and oxygen atoms in total. The third kappa shape index (κ3) is 5.36. The van der Waals surface area contributed by atoms with E-state index in [1.165, 1.54) is 0 Å². The van der Waals surface area contributed by atoms with Gasteiger partial charge in [-0.3, -0.25) is 10.1 Å². The van der Waals surface area contributed by atoms with Crippen LogP contribution in [0.1, 0.15) is 5.56 Å². The number of rotatable bonds is 5. The molecule has 19 heavy (non-hydrogen) atoms. The van der Waals surface area contributed by atoms with Gasteiger partial charge in [0.2, 0.25) is 0 Å². The van der Waals surface area contributed by atoms with Crippen LogP contribution in [0.25, 0.3) is 0 Å². The molecule has 0 radical (unpaired) electrons. The molecule has 1 rings (SSSR count). The van der Waals surface area contributed by atoms with Crippen molar-refractivity contribution in [3.05, 3.63) is 65.0 Å². The molecule has 0 unspecified atom stereocenters. The summed E-state index contributed by atoms with van der Waals surface area (Å²) in [6, 6.07) is 9.45. The van der Waals surface area contributed by atoms with Crippen LogP contribution >= 0.6 is 62.5 Å². The van der Waals surface area contributed by atoms with Gasteiger partial charge in [-0.2, -0.15) is 0 Å². The zero-order valence-corrected chi connectivity index (χ0v) is 13.9. The Labute approximate surface area is 137 Å². The minimum Gasteiger partial charge on any atom is -0.258 e. The molecule has 8 heteroatoms. The van der Waals surface area contributed by atoms with E-state index in [9.17, 15) is 10.1 Å². The van der Waals surface area contributed by atoms with E-state index in [2.05, 4.69) is 15.9 Å². The number of allylic oxidation sites excluding steroid dienone is 1. The van der Waals surface area contributed by atoms with Crippen molar-refractivity contribution in [1.29, 1.82) is 0 Å². The quantitative estimate of drug-likeness (QED) is 0.363. The molecular formula is C11H7BrCl3NO2S. The number of thioether (sulfide) groups is 1. The zero-order chi connectivity index (χ0) is 14.4. The summed E-state index contributed by atoms with van der Waals surface area (Å²) in [7, 11) is 0. The first-order valence-electron chi connectivity index (χ1n) is 4.85. The van der Waals surface area contributed by atoms with Gasteiger partial charge < -0.3 is 0 Å². The summed E-state index contributed by atoms with van der Waals surface area (Å²) < 4.78 is -0.0734. The van der Waals surface area contributed by atoms with Gasteiger partial charge in [0, 0.05) is 5.75 Å². The number of hydrogen-bond acceptors (Lipinski definition) is 3. The minimum atomic E-state index is -0.660. The molecule has 0 spiro atoms. The molecule has 0 aliphatic heterocycles. The topological polar surface area (TPSA) is 43.1 Å². The van der Waals surface area contributed by atoms with E-state index in [4.69, 9.17) is 34.8 Å². The molecule has 1 aromatic carbocycles. The van der Waals surface area contributed by atoms with Crippen LogP contribution in [0.2, 0.25) is 0 Å². The van der Waals surface area contributed by atoms with E-state index in [0.717, 1.165) is 17.3 Å². The van der Waals surface area contributed by atoms with E-state index in [0.29, 0.717) is 5.75 Å². The van der Waals surface area contributed by atoms with Crippen molar-refractivity contribution in [3.63, 3.8) is 0 Å². The van der Waals surface area contributed by atoms with Crippen LogP contribution in [-0.4, -0.2) is 4.92 Å². The third-order valence-electron chi connectivity index (χ3n) is 1.95. The molecule has 0 fully saturated rings. The summed E-state index contributed by atoms with van der Waals surface area (Å²) in [5, 5.41) is 10.7. The first kappa shape index (κ1) is 16.9. The van der Waals surface area contributed by atoms with Crippen LogP contribution in [0.5, 0.6) is 0 Å². The van der Waals surface area contributed by atoms with Gasteiger partial charge >= 0.3 is 5.70 Å². The predicted molar refractivity (Wildman–Crippen MR) is 85.3 cm³/mol. The van der Waals surface area contributed by atoms with Crippen LogP contribution < -0.4 is 0 Å². The fourth-order valence-corrected chi connectivity index (χ4v) is 2.79. The van der Waals surface area contributed by atoms with Crippen LogP contribution in [0.15, 0.2) is 49.4 Å². The predicted octanol–water partition coefficient (Wildman–Crippen LogP) is 5.65. The SMILES string of the molecule is O=[N+]([O-])C(=C(\Cl)SCc1ccccc1)/C(Cl)=C(\Cl)Br. The summed E-state index contributed by atoms with van der Waals surface area (Å²) in [6.45, 7) is 0. The lowest BCUT2D eigenvalue weighted by Gasteiger charge is -2.03. The van der Waals surface area contributed by atoms with E-state index in [1.807, 2.05) is 30.3 Å². The van der Waals surface area contributed by atoms with Gasteiger partial charge in [0.05, 0.1) is 4.92 Å². The average molecular weight is 404 g/mol. The fourth-order valence-electron chi connectivity index (χ4n) is 1.12. The lowest BCUT2D eigenvalue weighted by molar-refractivity contribution is -0.419. The Bertz CT molecular complexity index is 530. The molecule has 0 aromatic heterocycles. The summed E-state index contributed by atoms with van der Waals surface area (Å²) in [5.74, 6) is 0.501. The van der Waals surface area contributed by atoms with E-state index in [-0.39, 0.29) is 13.3 Å². The maximum Gasteiger partial charge on any atom is 0.314 e. The Morgan fingerprint density at radius 3 is 2.32 bits per heavy atom. The first-order valence-corrected chi connectivity index (χ1v) is 7.76. The standard InChI is InChI=1S/C11H7BrCl3NO2S/c12-10(14)8(13)9(16(17)18)11(15)19-6-7-4-2-1-3-5-7/h1-5H,6H2/b10-8+,11-9+. The van der Waals surface area contributed by atoms with Crippen molar-refractivity contribution in [2.24, 2.45) is 0 Å². The van der Waals surface area contributed by atoms with Gasteiger partial charge in [0.1, 0.15) is 8.97 Å². The Hall–Kier alpha value is -0.200. The second kappa shape index (κ2) is 8.17. The lowest BCUT2D eigenvalue weighted by atomic mass is 10.2. The largest absolute Gasteiger partial charge is 0.314 e. The molecule has 0 bridgehead atoms. The molecule has 1 aromatic rings. The van der Waals surface area contributed by atoms with Gasteiger partial charge in [-0.1, -0.05) is 65.1 Å². The van der Waals surface area contributed by atoms with Crippen molar-refractivity contribution in [3.8, 4) is 0 Å². The maximum atomic E-state index is 11.0. The van der Waals surface area contributed by atoms with Crippen molar-refractivity contribution < 1.29 is 4.92 Å². The number of hydrogen-bond donors (Lipinski definition) is 0.